The number of hydrogen-bond donors (Lipinski definition) is 0. The van der Waals surface area contributed by atoms with Gasteiger partial charge in [0, 0.05) is 36.3 Å². The summed E-state index contributed by atoms with van der Waals surface area (Å²) in [5.74, 6) is 0.776. The van der Waals surface area contributed by atoms with Crippen LogP contribution in [0.5, 0.6) is 11.5 Å². The largest absolute Gasteiger partial charge is 0.485 e. The van der Waals surface area contributed by atoms with Gasteiger partial charge in [0.2, 0.25) is 0 Å². The Balaban J connectivity index is 1.53. The number of piperazine rings is 1. The summed E-state index contributed by atoms with van der Waals surface area (Å²) >= 11 is 5.89. The van der Waals surface area contributed by atoms with E-state index >= 15 is 0 Å². The minimum Gasteiger partial charge on any atom is -0.485 e. The van der Waals surface area contributed by atoms with E-state index in [1.807, 2.05) is 45.9 Å². The molecule has 0 spiro atoms. The van der Waals surface area contributed by atoms with Crippen LogP contribution in [0, 0.1) is 5.82 Å². The van der Waals surface area contributed by atoms with E-state index in [0.29, 0.717) is 41.7 Å². The molecule has 0 saturated carbocycles. The number of halogens is 2. The Morgan fingerprint density at radius 2 is 2.00 bits per heavy atom. The van der Waals surface area contributed by atoms with Crippen molar-refractivity contribution in [3.63, 3.8) is 0 Å². The van der Waals surface area contributed by atoms with Crippen molar-refractivity contribution in [1.82, 2.24) is 4.90 Å². The van der Waals surface area contributed by atoms with Crippen LogP contribution in [-0.4, -0.2) is 48.9 Å². The highest BCUT2D eigenvalue weighted by molar-refractivity contribution is 6.30. The molecule has 1 unspecified atom stereocenters. The van der Waals surface area contributed by atoms with Crippen molar-refractivity contribution in [2.45, 2.75) is 45.4 Å². The molecule has 2 aliphatic heterocycles. The SMILES string of the molecule is C[C@H]1CN(c2cccc3c2OC(c2ccc(Cl)cc2F)CO3)CCN1C(=O)OC(C)(C)C. The lowest BCUT2D eigenvalue weighted by Gasteiger charge is -2.42. The van der Waals surface area contributed by atoms with Crippen LogP contribution in [0.2, 0.25) is 5.02 Å². The van der Waals surface area contributed by atoms with Gasteiger partial charge in [-0.2, -0.15) is 0 Å². The number of carbonyl (C=O) groups excluding carboxylic acids is 1. The maximum atomic E-state index is 14.5. The Labute approximate surface area is 192 Å². The topological polar surface area (TPSA) is 51.2 Å². The second-order valence-electron chi connectivity index (χ2n) is 9.16. The third-order valence-corrected chi connectivity index (χ3v) is 5.75. The number of nitrogens with zero attached hydrogens (tertiary/aromatic N) is 2. The zero-order valence-corrected chi connectivity index (χ0v) is 19.5. The van der Waals surface area contributed by atoms with E-state index in [-0.39, 0.29) is 18.7 Å². The fraction of sp³-hybridized carbons (Fsp3) is 0.458. The summed E-state index contributed by atoms with van der Waals surface area (Å²) < 4.78 is 32.2. The summed E-state index contributed by atoms with van der Waals surface area (Å²) in [6, 6.07) is 10.2. The van der Waals surface area contributed by atoms with Gasteiger partial charge in [-0.05, 0) is 52.0 Å². The predicted molar refractivity (Wildman–Crippen MR) is 121 cm³/mol. The van der Waals surface area contributed by atoms with E-state index in [1.165, 1.54) is 6.07 Å². The van der Waals surface area contributed by atoms with Crippen molar-refractivity contribution in [2.75, 3.05) is 31.1 Å². The second kappa shape index (κ2) is 8.70. The van der Waals surface area contributed by atoms with Crippen LogP contribution in [0.25, 0.3) is 0 Å². The normalized spacial score (nSPS) is 20.8. The van der Waals surface area contributed by atoms with E-state index in [4.69, 9.17) is 25.8 Å². The molecule has 0 N–H and O–H groups in total. The second-order valence-corrected chi connectivity index (χ2v) is 9.59. The number of rotatable bonds is 2. The first-order valence-electron chi connectivity index (χ1n) is 10.7. The van der Waals surface area contributed by atoms with Crippen LogP contribution in [0.3, 0.4) is 0 Å². The summed E-state index contributed by atoms with van der Waals surface area (Å²) in [5, 5.41) is 0.334. The Hall–Kier alpha value is -2.67. The number of para-hydroxylation sites is 1. The summed E-state index contributed by atoms with van der Waals surface area (Å²) in [6.07, 6.45) is -0.890. The molecule has 8 heteroatoms. The molecule has 2 aromatic rings. The third kappa shape index (κ3) is 4.72. The van der Waals surface area contributed by atoms with E-state index in [2.05, 4.69) is 4.90 Å². The Bertz CT molecular complexity index is 1010. The first kappa shape index (κ1) is 22.5. The van der Waals surface area contributed by atoms with Crippen LogP contribution in [-0.2, 0) is 4.74 Å². The molecule has 2 atom stereocenters. The summed E-state index contributed by atoms with van der Waals surface area (Å²) in [5.41, 5.74) is 0.721. The molecule has 0 aliphatic carbocycles. The van der Waals surface area contributed by atoms with Gasteiger partial charge in [0.25, 0.3) is 0 Å². The fourth-order valence-corrected chi connectivity index (χ4v) is 4.17. The standard InChI is InChI=1S/C24H28ClFN2O4/c1-15-13-27(10-11-28(15)23(29)32-24(2,3)4)19-6-5-7-20-22(19)31-21(14-30-20)17-9-8-16(25)12-18(17)26/h5-9,12,15,21H,10-11,13-14H2,1-4H3/t15-,21?/m0/s1. The van der Waals surface area contributed by atoms with Crippen molar-refractivity contribution >= 4 is 23.4 Å². The van der Waals surface area contributed by atoms with Gasteiger partial charge in [-0.3, -0.25) is 0 Å². The molecule has 4 rings (SSSR count). The molecule has 172 valence electrons. The van der Waals surface area contributed by atoms with Gasteiger partial charge in [0.15, 0.2) is 17.6 Å². The van der Waals surface area contributed by atoms with Gasteiger partial charge in [0.1, 0.15) is 18.0 Å². The molecule has 1 saturated heterocycles. The summed E-state index contributed by atoms with van der Waals surface area (Å²) in [7, 11) is 0. The molecule has 6 nitrogen and oxygen atoms in total. The molecule has 0 radical (unpaired) electrons. The maximum absolute atomic E-state index is 14.5. The number of amides is 1. The Morgan fingerprint density at radius 1 is 1.22 bits per heavy atom. The molecule has 2 aliphatic rings. The van der Waals surface area contributed by atoms with Gasteiger partial charge in [-0.15, -0.1) is 0 Å². The van der Waals surface area contributed by atoms with Gasteiger partial charge < -0.3 is 24.0 Å². The average Bonchev–Trinajstić information content (AvgIpc) is 2.71. The minimum atomic E-state index is -0.582. The third-order valence-electron chi connectivity index (χ3n) is 5.51. The van der Waals surface area contributed by atoms with E-state index in [0.717, 1.165) is 5.69 Å². The number of carbonyl (C=O) groups is 1. The molecule has 32 heavy (non-hydrogen) atoms. The maximum Gasteiger partial charge on any atom is 0.410 e. The van der Waals surface area contributed by atoms with Crippen molar-refractivity contribution in [3.05, 3.63) is 52.8 Å². The molecule has 1 fully saturated rings. The highest BCUT2D eigenvalue weighted by Crippen LogP contribution is 2.44. The van der Waals surface area contributed by atoms with Crippen LogP contribution >= 0.6 is 11.6 Å². The lowest BCUT2D eigenvalue weighted by atomic mass is 10.1. The highest BCUT2D eigenvalue weighted by atomic mass is 35.5. The molecule has 2 aromatic carbocycles. The smallest absolute Gasteiger partial charge is 0.410 e. The van der Waals surface area contributed by atoms with E-state index < -0.39 is 17.5 Å². The minimum absolute atomic E-state index is 0.0523. The molecule has 0 aromatic heterocycles. The first-order chi connectivity index (χ1) is 15.1. The molecule has 0 bridgehead atoms. The Morgan fingerprint density at radius 3 is 2.69 bits per heavy atom. The zero-order chi connectivity index (χ0) is 23.0. The molecule has 1 amide bonds. The molecule has 2 heterocycles. The fourth-order valence-electron chi connectivity index (χ4n) is 4.01. The first-order valence-corrected chi connectivity index (χ1v) is 11.1. The van der Waals surface area contributed by atoms with Gasteiger partial charge in [0.05, 0.1) is 5.69 Å². The Kier molecular flexibility index (Phi) is 6.12. The number of fused-ring (bicyclic) bond motifs is 1. The van der Waals surface area contributed by atoms with Crippen molar-refractivity contribution in [3.8, 4) is 11.5 Å². The summed E-state index contributed by atoms with van der Waals surface area (Å²) in [4.78, 5) is 16.5. The monoisotopic (exact) mass is 462 g/mol. The van der Waals surface area contributed by atoms with Crippen LogP contribution in [0.1, 0.15) is 39.4 Å². The van der Waals surface area contributed by atoms with Crippen LogP contribution < -0.4 is 14.4 Å². The molecular weight excluding hydrogens is 435 g/mol. The lowest BCUT2D eigenvalue weighted by Crippen LogP contribution is -2.55. The van der Waals surface area contributed by atoms with Crippen molar-refractivity contribution in [1.29, 1.82) is 0 Å². The van der Waals surface area contributed by atoms with E-state index in [9.17, 15) is 9.18 Å². The van der Waals surface area contributed by atoms with Crippen molar-refractivity contribution < 1.29 is 23.4 Å². The number of hydrogen-bond acceptors (Lipinski definition) is 5. The van der Waals surface area contributed by atoms with Gasteiger partial charge in [-0.25, -0.2) is 9.18 Å². The van der Waals surface area contributed by atoms with Crippen LogP contribution in [0.15, 0.2) is 36.4 Å². The lowest BCUT2D eigenvalue weighted by molar-refractivity contribution is 0.0158. The number of ether oxygens (including phenoxy) is 3. The number of benzene rings is 2. The molecular formula is C24H28ClFN2O4. The van der Waals surface area contributed by atoms with Gasteiger partial charge >= 0.3 is 6.09 Å². The highest BCUT2D eigenvalue weighted by Gasteiger charge is 2.34. The van der Waals surface area contributed by atoms with Crippen molar-refractivity contribution in [2.24, 2.45) is 0 Å². The van der Waals surface area contributed by atoms with Gasteiger partial charge in [-0.1, -0.05) is 23.7 Å². The zero-order valence-electron chi connectivity index (χ0n) is 18.7. The van der Waals surface area contributed by atoms with Crippen LogP contribution in [0.4, 0.5) is 14.9 Å². The quantitative estimate of drug-likeness (QED) is 0.595. The average molecular weight is 463 g/mol. The predicted octanol–water partition coefficient (Wildman–Crippen LogP) is 5.44. The summed E-state index contributed by atoms with van der Waals surface area (Å²) in [6.45, 7) is 9.53. The number of anilines is 1. The van der Waals surface area contributed by atoms with E-state index in [1.54, 1.807) is 17.0 Å².